The van der Waals surface area contributed by atoms with Crippen LogP contribution in [0.5, 0.6) is 0 Å². The molecular weight excluding hydrogens is 652 g/mol. The molecule has 5 N–H and O–H groups in total. The van der Waals surface area contributed by atoms with E-state index in [1.54, 1.807) is 12.1 Å². The molecule has 3 unspecified atom stereocenters. The van der Waals surface area contributed by atoms with E-state index in [9.17, 15) is 14.7 Å². The summed E-state index contributed by atoms with van der Waals surface area (Å²) in [5.74, 6) is -0.0740. The summed E-state index contributed by atoms with van der Waals surface area (Å²) in [7, 11) is 0. The average molecular weight is 705 g/mol. The number of hydrogen-bond donors (Lipinski definition) is 4. The van der Waals surface area contributed by atoms with Crippen LogP contribution >= 0.6 is 0 Å². The summed E-state index contributed by atoms with van der Waals surface area (Å²) in [5, 5.41) is 15.5. The first-order valence-corrected chi connectivity index (χ1v) is 18.8. The molecule has 0 saturated carbocycles. The van der Waals surface area contributed by atoms with Crippen LogP contribution in [0.15, 0.2) is 97.1 Å². The Morgan fingerprint density at radius 3 is 2.21 bits per heavy atom. The summed E-state index contributed by atoms with van der Waals surface area (Å²) in [5.41, 5.74) is 13.2. The Labute approximate surface area is 307 Å². The molecule has 2 aliphatic heterocycles. The number of anilines is 2. The highest BCUT2D eigenvalue weighted by Crippen LogP contribution is 2.39. The number of piperidine rings is 1. The first kappa shape index (κ1) is 37.2. The first-order valence-electron chi connectivity index (χ1n) is 18.8. The fourth-order valence-corrected chi connectivity index (χ4v) is 7.09. The lowest BCUT2D eigenvalue weighted by molar-refractivity contribution is -0.253. The molecule has 52 heavy (non-hydrogen) atoms. The van der Waals surface area contributed by atoms with Crippen LogP contribution in [0.2, 0.25) is 0 Å². The van der Waals surface area contributed by atoms with Gasteiger partial charge in [-0.05, 0) is 78.7 Å². The van der Waals surface area contributed by atoms with Crippen molar-refractivity contribution in [1.82, 2.24) is 10.2 Å². The molecule has 0 aliphatic carbocycles. The van der Waals surface area contributed by atoms with E-state index in [2.05, 4.69) is 58.0 Å². The maximum absolute atomic E-state index is 12.7. The minimum absolute atomic E-state index is 0.00193. The quantitative estimate of drug-likeness (QED) is 0.0740. The summed E-state index contributed by atoms with van der Waals surface area (Å²) < 4.78 is 13.2. The van der Waals surface area contributed by atoms with E-state index in [4.69, 9.17) is 15.2 Å². The van der Waals surface area contributed by atoms with Crippen LogP contribution < -0.4 is 16.4 Å². The standard InChI is InChI=1S/C43H52N4O5/c44-38-13-7-8-14-39(38)46-42(50)16-4-1-3-15-41(49)45-28-35-11-5-6-12-37(35)32-21-23-34(24-22-32)43-51-36(29-47-25-9-2-10-26-47)27-40(52-43)33-19-17-31(30-48)18-20-33/h5-8,11-14,17-24,36,40,43,48H,1-4,9-10,15-16,25-30,44H2,(H,45,49)(H,46,50). The molecule has 0 aromatic heterocycles. The number of nitrogen functional groups attached to an aromatic ring is 1. The molecule has 9 heteroatoms. The lowest BCUT2D eigenvalue weighted by atomic mass is 9.97. The summed E-state index contributed by atoms with van der Waals surface area (Å²) in [6.07, 6.45) is 7.01. The van der Waals surface area contributed by atoms with Crippen molar-refractivity contribution >= 4 is 23.2 Å². The number of nitrogens with one attached hydrogen (secondary N) is 2. The van der Waals surface area contributed by atoms with Crippen molar-refractivity contribution < 1.29 is 24.2 Å². The lowest BCUT2D eigenvalue weighted by Gasteiger charge is -2.39. The fourth-order valence-electron chi connectivity index (χ4n) is 7.09. The minimum Gasteiger partial charge on any atom is -0.397 e. The van der Waals surface area contributed by atoms with E-state index in [0.717, 1.165) is 65.9 Å². The average Bonchev–Trinajstić information content (AvgIpc) is 3.18. The van der Waals surface area contributed by atoms with Crippen LogP contribution in [0, 0.1) is 0 Å². The topological polar surface area (TPSA) is 126 Å². The molecule has 4 aromatic rings. The molecule has 0 radical (unpaired) electrons. The van der Waals surface area contributed by atoms with Crippen LogP contribution in [0.3, 0.4) is 0 Å². The van der Waals surface area contributed by atoms with Gasteiger partial charge in [0.1, 0.15) is 0 Å². The number of nitrogens with two attached hydrogens (primary N) is 1. The molecule has 3 atom stereocenters. The van der Waals surface area contributed by atoms with Gasteiger partial charge in [-0.3, -0.25) is 9.59 Å². The van der Waals surface area contributed by atoms with Gasteiger partial charge in [0.05, 0.1) is 30.2 Å². The number of aliphatic hydroxyl groups excluding tert-OH is 1. The smallest absolute Gasteiger partial charge is 0.224 e. The third kappa shape index (κ3) is 10.5. The van der Waals surface area contributed by atoms with E-state index in [-0.39, 0.29) is 30.6 Å². The van der Waals surface area contributed by atoms with E-state index >= 15 is 0 Å². The number of amides is 2. The maximum Gasteiger partial charge on any atom is 0.224 e. The van der Waals surface area contributed by atoms with Gasteiger partial charge in [-0.15, -0.1) is 0 Å². The molecule has 9 nitrogen and oxygen atoms in total. The predicted molar refractivity (Wildman–Crippen MR) is 205 cm³/mol. The number of unbranched alkanes of at least 4 members (excludes halogenated alkanes) is 2. The summed E-state index contributed by atoms with van der Waals surface area (Å²) in [6.45, 7) is 3.57. The second kappa shape index (κ2) is 18.8. The number of benzene rings is 4. The number of aliphatic hydroxyl groups is 1. The summed E-state index contributed by atoms with van der Waals surface area (Å²) >= 11 is 0. The molecular formula is C43H52N4O5. The predicted octanol–water partition coefficient (Wildman–Crippen LogP) is 7.66. The van der Waals surface area contributed by atoms with Gasteiger partial charge >= 0.3 is 0 Å². The van der Waals surface area contributed by atoms with Crippen molar-refractivity contribution in [3.8, 4) is 11.1 Å². The Hall–Kier alpha value is -4.54. The van der Waals surface area contributed by atoms with Crippen molar-refractivity contribution in [2.24, 2.45) is 0 Å². The Kier molecular flexibility index (Phi) is 13.5. The molecule has 2 amide bonds. The highest BCUT2D eigenvalue weighted by molar-refractivity contribution is 5.93. The second-order valence-electron chi connectivity index (χ2n) is 14.0. The fraction of sp³-hybridized carbons (Fsp3) is 0.395. The highest BCUT2D eigenvalue weighted by atomic mass is 16.7. The van der Waals surface area contributed by atoms with Gasteiger partial charge in [-0.25, -0.2) is 0 Å². The zero-order chi connectivity index (χ0) is 36.1. The van der Waals surface area contributed by atoms with Crippen LogP contribution in [-0.2, 0) is 32.2 Å². The van der Waals surface area contributed by atoms with Crippen LogP contribution in [0.25, 0.3) is 11.1 Å². The van der Waals surface area contributed by atoms with Gasteiger partial charge < -0.3 is 35.8 Å². The van der Waals surface area contributed by atoms with Gasteiger partial charge in [0.25, 0.3) is 0 Å². The molecule has 0 spiro atoms. The first-order chi connectivity index (χ1) is 25.4. The molecule has 2 aliphatic rings. The molecule has 2 saturated heterocycles. The third-order valence-corrected chi connectivity index (χ3v) is 10.1. The Morgan fingerprint density at radius 1 is 0.769 bits per heavy atom. The zero-order valence-electron chi connectivity index (χ0n) is 30.0. The highest BCUT2D eigenvalue weighted by Gasteiger charge is 2.33. The Bertz CT molecular complexity index is 1740. The van der Waals surface area contributed by atoms with E-state index < -0.39 is 6.29 Å². The molecule has 4 aromatic carbocycles. The van der Waals surface area contributed by atoms with E-state index in [0.29, 0.717) is 43.6 Å². The van der Waals surface area contributed by atoms with Crippen molar-refractivity contribution in [2.45, 2.75) is 89.4 Å². The SMILES string of the molecule is Nc1ccccc1NC(=O)CCCCCC(=O)NCc1ccccc1-c1ccc(C2OC(CN3CCCCC3)CC(c3ccc(CO)cc3)O2)cc1. The molecule has 2 heterocycles. The number of carbonyl (C=O) groups is 2. The normalized spacial score (nSPS) is 19.2. The van der Waals surface area contributed by atoms with Gasteiger partial charge in [-0.2, -0.15) is 0 Å². The Morgan fingerprint density at radius 2 is 1.46 bits per heavy atom. The molecule has 6 rings (SSSR count). The van der Waals surface area contributed by atoms with E-state index in [1.807, 2.05) is 42.5 Å². The number of para-hydroxylation sites is 2. The van der Waals surface area contributed by atoms with Crippen molar-refractivity contribution in [3.63, 3.8) is 0 Å². The van der Waals surface area contributed by atoms with Gasteiger partial charge in [0.2, 0.25) is 11.8 Å². The van der Waals surface area contributed by atoms with E-state index in [1.165, 1.54) is 19.3 Å². The van der Waals surface area contributed by atoms with Gasteiger partial charge in [0.15, 0.2) is 6.29 Å². The summed E-state index contributed by atoms with van der Waals surface area (Å²) in [6, 6.07) is 31.8. The monoisotopic (exact) mass is 704 g/mol. The molecule has 274 valence electrons. The van der Waals surface area contributed by atoms with Gasteiger partial charge in [-0.1, -0.05) is 97.8 Å². The van der Waals surface area contributed by atoms with Crippen LogP contribution in [0.4, 0.5) is 11.4 Å². The maximum atomic E-state index is 12.7. The van der Waals surface area contributed by atoms with Crippen molar-refractivity contribution in [3.05, 3.63) is 119 Å². The van der Waals surface area contributed by atoms with Crippen molar-refractivity contribution in [1.29, 1.82) is 0 Å². The number of carbonyl (C=O) groups excluding carboxylic acids is 2. The van der Waals surface area contributed by atoms with Crippen molar-refractivity contribution in [2.75, 3.05) is 30.7 Å². The molecule has 2 fully saturated rings. The number of likely N-dealkylation sites (tertiary alicyclic amines) is 1. The lowest BCUT2D eigenvalue weighted by Crippen LogP contribution is -2.41. The third-order valence-electron chi connectivity index (χ3n) is 10.1. The Balaban J connectivity index is 1.02. The summed E-state index contributed by atoms with van der Waals surface area (Å²) in [4.78, 5) is 27.5. The van der Waals surface area contributed by atoms with Gasteiger partial charge in [0, 0.05) is 37.9 Å². The molecule has 0 bridgehead atoms. The number of nitrogens with zero attached hydrogens (tertiary/aromatic N) is 1. The largest absolute Gasteiger partial charge is 0.397 e. The zero-order valence-corrected chi connectivity index (χ0v) is 30.0. The number of hydrogen-bond acceptors (Lipinski definition) is 7. The van der Waals surface area contributed by atoms with Crippen LogP contribution in [0.1, 0.15) is 92.4 Å². The minimum atomic E-state index is -0.494. The second-order valence-corrected chi connectivity index (χ2v) is 14.0. The number of rotatable bonds is 15. The number of ether oxygens (including phenoxy) is 2. The van der Waals surface area contributed by atoms with Crippen LogP contribution in [-0.4, -0.2) is 47.6 Å².